The maximum atomic E-state index is 13.2. The number of hydrogen-bond acceptors (Lipinski definition) is 4. The Bertz CT molecular complexity index is 1220. The zero-order valence-corrected chi connectivity index (χ0v) is 18.9. The molecule has 7 heteroatoms. The first-order valence-corrected chi connectivity index (χ1v) is 12.0. The second kappa shape index (κ2) is 9.04. The van der Waals surface area contributed by atoms with E-state index in [0.29, 0.717) is 17.0 Å². The number of benzene rings is 3. The molecule has 0 spiro atoms. The number of carbonyl (C=O) groups is 1. The summed E-state index contributed by atoms with van der Waals surface area (Å²) >= 11 is 0. The van der Waals surface area contributed by atoms with Crippen LogP contribution in [0, 0.1) is 0 Å². The van der Waals surface area contributed by atoms with Crippen molar-refractivity contribution in [3.63, 3.8) is 0 Å². The van der Waals surface area contributed by atoms with Crippen molar-refractivity contribution in [1.29, 1.82) is 0 Å². The summed E-state index contributed by atoms with van der Waals surface area (Å²) in [5.74, 6) is 0.360. The van der Waals surface area contributed by atoms with Crippen molar-refractivity contribution in [2.45, 2.75) is 30.2 Å². The number of fused-ring (bicyclic) bond motifs is 1. The van der Waals surface area contributed by atoms with Gasteiger partial charge in [-0.05, 0) is 72.9 Å². The molecule has 0 bridgehead atoms. The number of hydrogen-bond donors (Lipinski definition) is 1. The van der Waals surface area contributed by atoms with E-state index in [2.05, 4.69) is 11.4 Å². The lowest BCUT2D eigenvalue weighted by Gasteiger charge is -2.26. The predicted octanol–water partition coefficient (Wildman–Crippen LogP) is 4.33. The minimum atomic E-state index is -3.84. The molecule has 0 radical (unpaired) electrons. The van der Waals surface area contributed by atoms with Gasteiger partial charge in [0.1, 0.15) is 5.75 Å². The van der Waals surface area contributed by atoms with Crippen molar-refractivity contribution in [2.24, 2.45) is 0 Å². The lowest BCUT2D eigenvalue weighted by atomic mass is 9.87. The highest BCUT2D eigenvalue weighted by Gasteiger charge is 2.25. The van der Waals surface area contributed by atoms with Crippen molar-refractivity contribution >= 4 is 21.6 Å². The molecule has 166 valence electrons. The topological polar surface area (TPSA) is 75.7 Å². The van der Waals surface area contributed by atoms with Crippen LogP contribution in [0.1, 0.15) is 40.4 Å². The molecule has 32 heavy (non-hydrogen) atoms. The normalized spacial score (nSPS) is 15.5. The van der Waals surface area contributed by atoms with Gasteiger partial charge in [-0.2, -0.15) is 0 Å². The van der Waals surface area contributed by atoms with Gasteiger partial charge in [-0.25, -0.2) is 8.42 Å². The molecule has 4 rings (SSSR count). The molecule has 0 aliphatic heterocycles. The number of anilines is 1. The maximum Gasteiger partial charge on any atom is 0.264 e. The van der Waals surface area contributed by atoms with E-state index in [1.165, 1.54) is 29.0 Å². The number of ether oxygens (including phenoxy) is 1. The first-order chi connectivity index (χ1) is 15.4. The summed E-state index contributed by atoms with van der Waals surface area (Å²) in [6, 6.07) is 21.0. The van der Waals surface area contributed by atoms with Crippen LogP contribution in [-0.4, -0.2) is 28.5 Å². The van der Waals surface area contributed by atoms with E-state index in [1.807, 2.05) is 18.2 Å². The Kier molecular flexibility index (Phi) is 6.19. The van der Waals surface area contributed by atoms with Crippen molar-refractivity contribution in [2.75, 3.05) is 18.5 Å². The van der Waals surface area contributed by atoms with E-state index in [0.717, 1.165) is 24.8 Å². The number of methoxy groups -OCH3 is 1. The number of carbonyl (C=O) groups excluding carboxylic acids is 1. The molecule has 3 aromatic carbocycles. The molecule has 1 aliphatic rings. The summed E-state index contributed by atoms with van der Waals surface area (Å²) in [5, 5.41) is 3.08. The Morgan fingerprint density at radius 3 is 2.53 bits per heavy atom. The van der Waals surface area contributed by atoms with Crippen molar-refractivity contribution < 1.29 is 17.9 Å². The first kappa shape index (κ1) is 21.9. The summed E-state index contributed by atoms with van der Waals surface area (Å²) < 4.78 is 32.7. The van der Waals surface area contributed by atoms with Crippen molar-refractivity contribution in [3.8, 4) is 5.75 Å². The fourth-order valence-electron chi connectivity index (χ4n) is 4.03. The molecule has 6 nitrogen and oxygen atoms in total. The molecule has 0 aromatic heterocycles. The monoisotopic (exact) mass is 450 g/mol. The van der Waals surface area contributed by atoms with Gasteiger partial charge in [0.2, 0.25) is 0 Å². The lowest BCUT2D eigenvalue weighted by Crippen LogP contribution is -2.31. The average Bonchev–Trinajstić information content (AvgIpc) is 2.84. The summed E-state index contributed by atoms with van der Waals surface area (Å²) in [5.41, 5.74) is 3.20. The first-order valence-electron chi connectivity index (χ1n) is 10.5. The number of rotatable bonds is 6. The lowest BCUT2D eigenvalue weighted by molar-refractivity contribution is 0.0932. The van der Waals surface area contributed by atoms with E-state index >= 15 is 0 Å². The highest BCUT2D eigenvalue weighted by atomic mass is 32.2. The van der Waals surface area contributed by atoms with Gasteiger partial charge in [-0.1, -0.05) is 30.3 Å². The molecule has 3 aromatic rings. The third-order valence-electron chi connectivity index (χ3n) is 5.87. The minimum absolute atomic E-state index is 0.0625. The molecule has 1 aliphatic carbocycles. The summed E-state index contributed by atoms with van der Waals surface area (Å²) in [6.45, 7) is 0. The van der Waals surface area contributed by atoms with E-state index in [-0.39, 0.29) is 16.8 Å². The number of nitrogens with zero attached hydrogens (tertiary/aromatic N) is 1. The fraction of sp³-hybridized carbons (Fsp3) is 0.240. The molecular formula is C25H26N2O4S. The Morgan fingerprint density at radius 1 is 1.03 bits per heavy atom. The van der Waals surface area contributed by atoms with E-state index < -0.39 is 10.0 Å². The van der Waals surface area contributed by atoms with Gasteiger partial charge in [0.25, 0.3) is 15.9 Å². The van der Waals surface area contributed by atoms with Gasteiger partial charge in [0.05, 0.1) is 23.7 Å². The number of nitrogens with one attached hydrogen (secondary N) is 1. The molecule has 1 unspecified atom stereocenters. The molecule has 1 amide bonds. The van der Waals surface area contributed by atoms with E-state index in [9.17, 15) is 13.2 Å². The highest BCUT2D eigenvalue weighted by molar-refractivity contribution is 7.92. The van der Waals surface area contributed by atoms with Gasteiger partial charge in [0.15, 0.2) is 0 Å². The second-order valence-electron chi connectivity index (χ2n) is 7.82. The number of aryl methyl sites for hydroxylation is 1. The molecule has 0 saturated heterocycles. The van der Waals surface area contributed by atoms with E-state index in [4.69, 9.17) is 4.74 Å². The Balaban J connectivity index is 1.55. The molecular weight excluding hydrogens is 424 g/mol. The molecule has 0 heterocycles. The van der Waals surface area contributed by atoms with E-state index in [1.54, 1.807) is 43.5 Å². The summed E-state index contributed by atoms with van der Waals surface area (Å²) in [4.78, 5) is 13.0. The Hall–Kier alpha value is -3.32. The average molecular weight is 451 g/mol. The third-order valence-corrected chi connectivity index (χ3v) is 7.65. The van der Waals surface area contributed by atoms with Crippen molar-refractivity contribution in [3.05, 3.63) is 89.5 Å². The van der Waals surface area contributed by atoms with Crippen LogP contribution in [0.25, 0.3) is 0 Å². The van der Waals surface area contributed by atoms with Crippen molar-refractivity contribution in [1.82, 2.24) is 5.32 Å². The quantitative estimate of drug-likeness (QED) is 0.607. The Morgan fingerprint density at radius 2 is 1.78 bits per heavy atom. The fourth-order valence-corrected chi connectivity index (χ4v) is 5.27. The standard InChI is InChI=1S/C25H26N2O4S/c1-27(20-13-15-21(31-2)16-14-20)32(29,30)22-10-5-9-19(17-22)25(28)26-24-12-6-8-18-7-3-4-11-23(18)24/h3-5,7,9-11,13-17,24H,6,8,12H2,1-2H3,(H,26,28). The molecule has 1 N–H and O–H groups in total. The summed E-state index contributed by atoms with van der Waals surface area (Å²) in [7, 11) is -0.794. The second-order valence-corrected chi connectivity index (χ2v) is 9.78. The number of amides is 1. The van der Waals surface area contributed by atoms with Crippen LogP contribution in [0.3, 0.4) is 0 Å². The van der Waals surface area contributed by atoms with Gasteiger partial charge >= 0.3 is 0 Å². The predicted molar refractivity (Wildman–Crippen MR) is 125 cm³/mol. The van der Waals surface area contributed by atoms with Crippen LogP contribution in [0.5, 0.6) is 5.75 Å². The zero-order valence-electron chi connectivity index (χ0n) is 18.1. The third kappa shape index (κ3) is 4.34. The summed E-state index contributed by atoms with van der Waals surface area (Å²) in [6.07, 6.45) is 2.87. The largest absolute Gasteiger partial charge is 0.497 e. The minimum Gasteiger partial charge on any atom is -0.497 e. The molecule has 0 saturated carbocycles. The molecule has 0 fully saturated rings. The van der Waals surface area contributed by atoms with Gasteiger partial charge in [-0.15, -0.1) is 0 Å². The smallest absolute Gasteiger partial charge is 0.264 e. The SMILES string of the molecule is COc1ccc(N(C)S(=O)(=O)c2cccc(C(=O)NC3CCCc4ccccc43)c2)cc1. The Labute approximate surface area is 188 Å². The number of sulfonamides is 1. The van der Waals surface area contributed by atoms with Gasteiger partial charge < -0.3 is 10.1 Å². The van der Waals surface area contributed by atoms with Crippen LogP contribution < -0.4 is 14.4 Å². The van der Waals surface area contributed by atoms with Gasteiger partial charge in [-0.3, -0.25) is 9.10 Å². The molecule has 1 atom stereocenters. The van der Waals surface area contributed by atoms with Crippen LogP contribution >= 0.6 is 0 Å². The maximum absolute atomic E-state index is 13.2. The van der Waals surface area contributed by atoms with Crippen LogP contribution in [0.2, 0.25) is 0 Å². The van der Waals surface area contributed by atoms with Gasteiger partial charge in [0, 0.05) is 12.6 Å². The zero-order chi connectivity index (χ0) is 22.7. The highest BCUT2D eigenvalue weighted by Crippen LogP contribution is 2.30. The van der Waals surface area contributed by atoms with Crippen LogP contribution in [0.15, 0.2) is 77.7 Å². The van der Waals surface area contributed by atoms with Crippen LogP contribution in [0.4, 0.5) is 5.69 Å². The van der Waals surface area contributed by atoms with Crippen LogP contribution in [-0.2, 0) is 16.4 Å².